The summed E-state index contributed by atoms with van der Waals surface area (Å²) in [7, 11) is 1.61. The number of methoxy groups -OCH3 is 1. The monoisotopic (exact) mass is 302 g/mol. The quantitative estimate of drug-likeness (QED) is 0.859. The van der Waals surface area contributed by atoms with Crippen molar-refractivity contribution in [3.63, 3.8) is 0 Å². The molecule has 0 saturated carbocycles. The lowest BCUT2D eigenvalue weighted by atomic mass is 10.00. The van der Waals surface area contributed by atoms with Gasteiger partial charge >= 0.3 is 0 Å². The lowest BCUT2D eigenvalue weighted by Crippen LogP contribution is -2.13. The van der Waals surface area contributed by atoms with Crippen molar-refractivity contribution < 1.29 is 14.6 Å². The average Bonchev–Trinajstić information content (AvgIpc) is 2.76. The van der Waals surface area contributed by atoms with Crippen molar-refractivity contribution in [1.82, 2.24) is 4.57 Å². The molecule has 0 radical (unpaired) electrons. The lowest BCUT2D eigenvalue weighted by molar-refractivity contribution is 0.1000. The van der Waals surface area contributed by atoms with Crippen LogP contribution in [0.25, 0.3) is 11.1 Å². The third-order valence-electron chi connectivity index (χ3n) is 3.93. The topological polar surface area (TPSA) is 77.5 Å². The summed E-state index contributed by atoms with van der Waals surface area (Å²) >= 11 is 0. The summed E-state index contributed by atoms with van der Waals surface area (Å²) in [4.78, 5) is 11.9. The van der Waals surface area contributed by atoms with Crippen LogP contribution in [-0.4, -0.2) is 29.3 Å². The van der Waals surface area contributed by atoms with E-state index in [1.165, 1.54) is 0 Å². The van der Waals surface area contributed by atoms with Crippen LogP contribution in [0.5, 0.6) is 5.75 Å². The number of amides is 1. The minimum absolute atomic E-state index is 0.109. The highest BCUT2D eigenvalue weighted by atomic mass is 16.5. The van der Waals surface area contributed by atoms with Crippen LogP contribution in [-0.2, 0) is 6.54 Å². The molecule has 0 bridgehead atoms. The molecule has 1 heterocycles. The molecule has 2 aromatic rings. The molecule has 0 fully saturated rings. The third-order valence-corrected chi connectivity index (χ3v) is 3.93. The predicted molar refractivity (Wildman–Crippen MR) is 86.1 cm³/mol. The van der Waals surface area contributed by atoms with E-state index >= 15 is 0 Å². The van der Waals surface area contributed by atoms with Gasteiger partial charge in [0, 0.05) is 30.1 Å². The SMILES string of the molecule is COc1cccc(-c2c(C(N)=O)c(C)n(CCCO)c2C)c1. The first-order valence-corrected chi connectivity index (χ1v) is 7.26. The molecule has 5 heteroatoms. The van der Waals surface area contributed by atoms with Crippen LogP contribution in [0.15, 0.2) is 24.3 Å². The summed E-state index contributed by atoms with van der Waals surface area (Å²) in [5.74, 6) is 0.286. The van der Waals surface area contributed by atoms with Crippen molar-refractivity contribution in [3.8, 4) is 16.9 Å². The van der Waals surface area contributed by atoms with Gasteiger partial charge in [-0.1, -0.05) is 12.1 Å². The smallest absolute Gasteiger partial charge is 0.251 e. The number of carbonyl (C=O) groups excluding carboxylic acids is 1. The second kappa shape index (κ2) is 6.66. The van der Waals surface area contributed by atoms with Crippen molar-refractivity contribution in [1.29, 1.82) is 0 Å². The molecule has 1 aromatic carbocycles. The normalized spacial score (nSPS) is 10.7. The van der Waals surface area contributed by atoms with Gasteiger partial charge in [0.15, 0.2) is 0 Å². The zero-order chi connectivity index (χ0) is 16.3. The Bertz CT molecular complexity index is 689. The van der Waals surface area contributed by atoms with E-state index in [0.717, 1.165) is 28.3 Å². The van der Waals surface area contributed by atoms with Gasteiger partial charge in [0.2, 0.25) is 0 Å². The molecule has 1 aromatic heterocycles. The van der Waals surface area contributed by atoms with Gasteiger partial charge in [-0.2, -0.15) is 0 Å². The molecule has 5 nitrogen and oxygen atoms in total. The molecule has 0 atom stereocenters. The highest BCUT2D eigenvalue weighted by molar-refractivity contribution is 6.02. The van der Waals surface area contributed by atoms with Gasteiger partial charge in [-0.25, -0.2) is 0 Å². The Labute approximate surface area is 130 Å². The first-order valence-electron chi connectivity index (χ1n) is 7.26. The molecule has 0 aliphatic heterocycles. The van der Waals surface area contributed by atoms with Crippen molar-refractivity contribution >= 4 is 5.91 Å². The maximum Gasteiger partial charge on any atom is 0.251 e. The summed E-state index contributed by atoms with van der Waals surface area (Å²) in [6.07, 6.45) is 0.631. The second-order valence-corrected chi connectivity index (χ2v) is 5.25. The van der Waals surface area contributed by atoms with E-state index in [4.69, 9.17) is 15.6 Å². The van der Waals surface area contributed by atoms with Crippen LogP contribution < -0.4 is 10.5 Å². The fraction of sp³-hybridized carbons (Fsp3) is 0.353. The van der Waals surface area contributed by atoms with Crippen LogP contribution in [0, 0.1) is 13.8 Å². The number of aliphatic hydroxyl groups excluding tert-OH is 1. The average molecular weight is 302 g/mol. The molecule has 0 spiro atoms. The highest BCUT2D eigenvalue weighted by Crippen LogP contribution is 2.34. The summed E-state index contributed by atoms with van der Waals surface area (Å²) in [6, 6.07) is 7.58. The maximum absolute atomic E-state index is 11.9. The molecule has 0 saturated heterocycles. The molecular weight excluding hydrogens is 280 g/mol. The molecule has 2 rings (SSSR count). The van der Waals surface area contributed by atoms with E-state index in [-0.39, 0.29) is 6.61 Å². The summed E-state index contributed by atoms with van der Waals surface area (Å²) in [6.45, 7) is 4.61. The Hall–Kier alpha value is -2.27. The van der Waals surface area contributed by atoms with Gasteiger partial charge in [0.25, 0.3) is 5.91 Å². The molecular formula is C17H22N2O3. The Morgan fingerprint density at radius 1 is 1.32 bits per heavy atom. The van der Waals surface area contributed by atoms with Crippen molar-refractivity contribution in [3.05, 3.63) is 41.2 Å². The highest BCUT2D eigenvalue weighted by Gasteiger charge is 2.22. The van der Waals surface area contributed by atoms with Crippen molar-refractivity contribution in [2.24, 2.45) is 5.73 Å². The van der Waals surface area contributed by atoms with Gasteiger partial charge in [-0.3, -0.25) is 4.79 Å². The Morgan fingerprint density at radius 3 is 2.64 bits per heavy atom. The van der Waals surface area contributed by atoms with Gasteiger partial charge in [0.05, 0.1) is 12.7 Å². The largest absolute Gasteiger partial charge is 0.497 e. The molecule has 0 aliphatic rings. The molecule has 22 heavy (non-hydrogen) atoms. The van der Waals surface area contributed by atoms with E-state index in [9.17, 15) is 4.79 Å². The number of aromatic nitrogens is 1. The second-order valence-electron chi connectivity index (χ2n) is 5.25. The molecule has 0 aliphatic carbocycles. The number of nitrogens with two attached hydrogens (primary N) is 1. The van der Waals surface area contributed by atoms with Crippen molar-refractivity contribution in [2.45, 2.75) is 26.8 Å². The third kappa shape index (κ3) is 2.85. The van der Waals surface area contributed by atoms with Gasteiger partial charge < -0.3 is 20.1 Å². The van der Waals surface area contributed by atoms with Crippen LogP contribution in [0.4, 0.5) is 0 Å². The first kappa shape index (κ1) is 16.1. The van der Waals surface area contributed by atoms with Crippen LogP contribution in [0.1, 0.15) is 28.2 Å². The van der Waals surface area contributed by atoms with Crippen LogP contribution >= 0.6 is 0 Å². The predicted octanol–water partition coefficient (Wildman–Crippen LogP) is 2.26. The molecule has 3 N–H and O–H groups in total. The number of carbonyl (C=O) groups is 1. The number of hydrogen-bond donors (Lipinski definition) is 2. The van der Waals surface area contributed by atoms with Gasteiger partial charge in [-0.15, -0.1) is 0 Å². The number of ether oxygens (including phenoxy) is 1. The van der Waals surface area contributed by atoms with E-state index in [1.807, 2.05) is 42.7 Å². The fourth-order valence-electron chi connectivity index (χ4n) is 2.88. The number of benzene rings is 1. The summed E-state index contributed by atoms with van der Waals surface area (Å²) in [5, 5.41) is 9.06. The van der Waals surface area contributed by atoms with E-state index in [1.54, 1.807) is 7.11 Å². The molecule has 0 unspecified atom stereocenters. The number of nitrogens with zero attached hydrogens (tertiary/aromatic N) is 1. The van der Waals surface area contributed by atoms with Gasteiger partial charge in [-0.05, 0) is 38.0 Å². The van der Waals surface area contributed by atoms with E-state index in [2.05, 4.69) is 0 Å². The number of primary amides is 1. The van der Waals surface area contributed by atoms with Crippen LogP contribution in [0.2, 0.25) is 0 Å². The first-order chi connectivity index (χ1) is 10.5. The van der Waals surface area contributed by atoms with Crippen molar-refractivity contribution in [2.75, 3.05) is 13.7 Å². The fourth-order valence-corrected chi connectivity index (χ4v) is 2.88. The lowest BCUT2D eigenvalue weighted by Gasteiger charge is -2.09. The van der Waals surface area contributed by atoms with Gasteiger partial charge in [0.1, 0.15) is 5.75 Å². The molecule has 118 valence electrons. The summed E-state index contributed by atoms with van der Waals surface area (Å²) in [5.41, 5.74) is 9.66. The minimum atomic E-state index is -0.443. The number of aliphatic hydroxyl groups is 1. The van der Waals surface area contributed by atoms with Crippen LogP contribution in [0.3, 0.4) is 0 Å². The zero-order valence-corrected chi connectivity index (χ0v) is 13.2. The minimum Gasteiger partial charge on any atom is -0.497 e. The Morgan fingerprint density at radius 2 is 2.05 bits per heavy atom. The Balaban J connectivity index is 2.65. The summed E-state index contributed by atoms with van der Waals surface area (Å²) < 4.78 is 7.30. The zero-order valence-electron chi connectivity index (χ0n) is 13.2. The number of hydrogen-bond acceptors (Lipinski definition) is 3. The standard InChI is InChI=1S/C17H22N2O3/c1-11-15(13-6-4-7-14(10-13)22-3)16(17(18)21)12(2)19(11)8-5-9-20/h4,6-7,10,20H,5,8-9H2,1-3H3,(H2,18,21). The van der Waals surface area contributed by atoms with E-state index in [0.29, 0.717) is 18.5 Å². The number of rotatable bonds is 6. The molecule has 1 amide bonds. The Kier molecular flexibility index (Phi) is 4.88. The maximum atomic E-state index is 11.9. The van der Waals surface area contributed by atoms with E-state index < -0.39 is 5.91 Å².